The predicted molar refractivity (Wildman–Crippen MR) is 208 cm³/mol. The van der Waals surface area contributed by atoms with Gasteiger partial charge in [-0.3, -0.25) is 0 Å². The molecule has 1 aliphatic rings. The molecule has 0 saturated heterocycles. The van der Waals surface area contributed by atoms with Crippen LogP contribution in [-0.2, 0) is 26.5 Å². The van der Waals surface area contributed by atoms with Gasteiger partial charge in [-0.2, -0.15) is 0 Å². The molecule has 3 heterocycles. The van der Waals surface area contributed by atoms with Crippen molar-refractivity contribution in [3.63, 3.8) is 0 Å². The van der Waals surface area contributed by atoms with Crippen molar-refractivity contribution in [3.8, 4) is 33.6 Å². The van der Waals surface area contributed by atoms with E-state index in [9.17, 15) is 0 Å². The second-order valence-electron chi connectivity index (χ2n) is 14.0. The molecule has 50 heavy (non-hydrogen) atoms. The molecule has 0 spiro atoms. The van der Waals surface area contributed by atoms with Gasteiger partial charge in [-0.25, -0.2) is 0 Å². The number of benzene rings is 4. The molecule has 0 atom stereocenters. The first-order valence-corrected chi connectivity index (χ1v) is 24.4. The number of hydrogen-bond acceptors (Lipinski definition) is 3. The van der Waals surface area contributed by atoms with Gasteiger partial charge >= 0.3 is 117 Å². The van der Waals surface area contributed by atoms with Gasteiger partial charge in [-0.05, 0) is 41.2 Å². The summed E-state index contributed by atoms with van der Waals surface area (Å²) in [5.41, 5.74) is 9.23. The van der Waals surface area contributed by atoms with E-state index in [0.717, 1.165) is 75.6 Å². The summed E-state index contributed by atoms with van der Waals surface area (Å²) in [7, 11) is 0. The summed E-state index contributed by atoms with van der Waals surface area (Å²) in [4.78, 5) is 9.12. The molecular formula is C45H44GeIrN2O-2. The quantitative estimate of drug-likeness (QED) is 0.123. The molecule has 255 valence electrons. The molecule has 7 aromatic rings. The van der Waals surface area contributed by atoms with E-state index in [1.807, 2.05) is 48.7 Å². The van der Waals surface area contributed by atoms with Crippen LogP contribution < -0.4 is 4.40 Å². The maximum absolute atomic E-state index is 8.78. The SMILES string of the molecule is [2H]C([2H])([2H])c1c[c-]c(-c2cc(C)[c]([Ge]([CH3])([CH3])[CH3])cn2)cc1.[2H]C([2H])(c1ccnc(-c2[c-]ccc3c2oc2cc(-c4ccccc4)ccc23)c1)C1CCCC1.[Ir]. The first-order valence-electron chi connectivity index (χ1n) is 19.6. The Morgan fingerprint density at radius 2 is 1.68 bits per heavy atom. The van der Waals surface area contributed by atoms with Crippen molar-refractivity contribution >= 4 is 39.6 Å². The molecule has 1 fully saturated rings. The van der Waals surface area contributed by atoms with Crippen LogP contribution >= 0.6 is 0 Å². The van der Waals surface area contributed by atoms with E-state index in [4.69, 9.17) is 11.3 Å². The summed E-state index contributed by atoms with van der Waals surface area (Å²) in [5.74, 6) is 7.11. The monoisotopic (exact) mass is 900 g/mol. The Labute approximate surface area is 320 Å². The molecule has 4 aromatic carbocycles. The number of furan rings is 1. The van der Waals surface area contributed by atoms with E-state index in [1.54, 1.807) is 18.3 Å². The summed E-state index contributed by atoms with van der Waals surface area (Å²) in [6.45, 7) is 0.0375. The van der Waals surface area contributed by atoms with Gasteiger partial charge in [0.1, 0.15) is 5.58 Å². The molecule has 0 bridgehead atoms. The Balaban J connectivity index is 0.000000204. The van der Waals surface area contributed by atoms with E-state index >= 15 is 0 Å². The minimum absolute atomic E-state index is 0. The van der Waals surface area contributed by atoms with Crippen LogP contribution in [0.25, 0.3) is 55.6 Å². The zero-order valence-corrected chi connectivity index (χ0v) is 33.4. The zero-order chi connectivity index (χ0) is 38.3. The number of pyridine rings is 2. The van der Waals surface area contributed by atoms with Crippen LogP contribution in [0.2, 0.25) is 17.3 Å². The number of rotatable bonds is 6. The van der Waals surface area contributed by atoms with Gasteiger partial charge in [0, 0.05) is 34.4 Å². The van der Waals surface area contributed by atoms with E-state index < -0.39 is 26.5 Å². The number of nitrogens with zero attached hydrogens (tertiary/aromatic N) is 2. The van der Waals surface area contributed by atoms with E-state index in [0.29, 0.717) is 16.8 Å². The van der Waals surface area contributed by atoms with Crippen LogP contribution in [0.15, 0.2) is 114 Å². The summed E-state index contributed by atoms with van der Waals surface area (Å²) < 4.78 is 47.5. The molecular weight excluding hydrogens is 849 g/mol. The second kappa shape index (κ2) is 15.6. The average molecular weight is 899 g/mol. The fourth-order valence-corrected chi connectivity index (χ4v) is 10.4. The Morgan fingerprint density at radius 3 is 2.40 bits per heavy atom. The van der Waals surface area contributed by atoms with Crippen molar-refractivity contribution in [1.82, 2.24) is 9.97 Å². The first-order chi connectivity index (χ1) is 25.7. The van der Waals surface area contributed by atoms with Crippen LogP contribution in [0.3, 0.4) is 0 Å². The van der Waals surface area contributed by atoms with Crippen LogP contribution in [0.5, 0.6) is 0 Å². The molecule has 3 nitrogen and oxygen atoms in total. The molecule has 8 rings (SSSR count). The summed E-state index contributed by atoms with van der Waals surface area (Å²) in [5, 5.41) is 2.07. The van der Waals surface area contributed by atoms with Crippen molar-refractivity contribution in [3.05, 3.63) is 138 Å². The van der Waals surface area contributed by atoms with Gasteiger partial charge < -0.3 is 9.40 Å². The largest absolute Gasteiger partial charge is 0.501 e. The minimum atomic E-state index is -2.08. The molecule has 0 aliphatic heterocycles. The molecule has 1 radical (unpaired) electrons. The summed E-state index contributed by atoms with van der Waals surface area (Å²) in [6, 6.07) is 37.6. The number of fused-ring (bicyclic) bond motifs is 3. The van der Waals surface area contributed by atoms with Crippen molar-refractivity contribution < 1.29 is 31.4 Å². The molecule has 1 saturated carbocycles. The Kier molecular flexibility index (Phi) is 9.31. The molecule has 1 aliphatic carbocycles. The van der Waals surface area contributed by atoms with E-state index in [-0.39, 0.29) is 26.0 Å². The normalized spacial score (nSPS) is 15.2. The molecule has 3 aromatic heterocycles. The smallest absolute Gasteiger partial charge is 0.121 e. The number of hydrogen-bond donors (Lipinski definition) is 0. The van der Waals surface area contributed by atoms with Crippen LogP contribution in [0.4, 0.5) is 0 Å². The first kappa shape index (κ1) is 29.9. The van der Waals surface area contributed by atoms with Gasteiger partial charge in [0.2, 0.25) is 0 Å². The number of aryl methyl sites for hydroxylation is 2. The standard InChI is InChI=1S/C29H24NO.C16H20GeN.Ir/c1-2-9-22(10-3-1)23-13-14-24-25-11-6-12-26(29(25)31-28(24)19-23)27-18-21(15-16-30-27)17-20-7-4-5-8-20;1-12-6-8-14(9-7-12)16-10-13(2)15(11-18-16)17(3,4)5;/h1-3,6,9-11,13-16,18-20H,4-5,7-8,17H2;6-8,10-11H,1-5H3;/q2*-1;/i17D2;1D3;. The maximum Gasteiger partial charge on any atom is 0.121 e. The van der Waals surface area contributed by atoms with E-state index in [1.165, 1.54) is 16.0 Å². The Hall–Kier alpha value is -3.83. The average Bonchev–Trinajstić information content (AvgIpc) is 3.84. The van der Waals surface area contributed by atoms with Crippen molar-refractivity contribution in [2.75, 3.05) is 0 Å². The van der Waals surface area contributed by atoms with Gasteiger partial charge in [-0.1, -0.05) is 90.7 Å². The Bertz CT molecular complexity index is 2420. The predicted octanol–water partition coefficient (Wildman–Crippen LogP) is 11.6. The molecule has 0 unspecified atom stereocenters. The van der Waals surface area contributed by atoms with Crippen LogP contribution in [0, 0.1) is 31.8 Å². The van der Waals surface area contributed by atoms with Gasteiger partial charge in [0.15, 0.2) is 0 Å². The van der Waals surface area contributed by atoms with Crippen molar-refractivity contribution in [2.24, 2.45) is 5.92 Å². The summed E-state index contributed by atoms with van der Waals surface area (Å²) >= 11 is -1.89. The van der Waals surface area contributed by atoms with Crippen molar-refractivity contribution in [2.45, 2.75) is 63.1 Å². The number of aromatic nitrogens is 2. The third-order valence-electron chi connectivity index (χ3n) is 9.29. The van der Waals surface area contributed by atoms with Gasteiger partial charge in [-0.15, -0.1) is 18.2 Å². The van der Waals surface area contributed by atoms with Crippen molar-refractivity contribution in [1.29, 1.82) is 0 Å². The fraction of sp³-hybridized carbons (Fsp3) is 0.244. The third kappa shape index (κ3) is 8.04. The topological polar surface area (TPSA) is 38.9 Å². The van der Waals surface area contributed by atoms with Gasteiger partial charge in [0.25, 0.3) is 0 Å². The molecule has 0 amide bonds. The Morgan fingerprint density at radius 1 is 0.860 bits per heavy atom. The second-order valence-corrected chi connectivity index (χ2v) is 24.5. The van der Waals surface area contributed by atoms with Gasteiger partial charge in [0.05, 0.1) is 5.58 Å². The molecule has 0 N–H and O–H groups in total. The summed E-state index contributed by atoms with van der Waals surface area (Å²) in [6.07, 6.45) is 6.44. The fourth-order valence-electron chi connectivity index (χ4n) is 6.78. The van der Waals surface area contributed by atoms with E-state index in [2.05, 4.69) is 82.7 Å². The van der Waals surface area contributed by atoms with Crippen LogP contribution in [0.1, 0.15) is 49.2 Å². The maximum atomic E-state index is 8.78. The minimum Gasteiger partial charge on any atom is -0.501 e. The molecule has 5 heteroatoms. The third-order valence-corrected chi connectivity index (χ3v) is 13.8. The zero-order valence-electron chi connectivity index (χ0n) is 33.9. The van der Waals surface area contributed by atoms with Crippen LogP contribution in [-0.4, -0.2) is 23.2 Å².